The minimum atomic E-state index is 1.05. The van der Waals surface area contributed by atoms with Crippen LogP contribution in [0.1, 0.15) is 47.2 Å². The van der Waals surface area contributed by atoms with Crippen LogP contribution >= 0.6 is 0 Å². The normalized spacial score (nSPS) is 9.33. The molecule has 21 heavy (non-hydrogen) atoms. The summed E-state index contributed by atoms with van der Waals surface area (Å²) in [5, 5.41) is 0. The highest BCUT2D eigenvalue weighted by Gasteiger charge is 2.01. The third-order valence-corrected chi connectivity index (χ3v) is 3.53. The van der Waals surface area contributed by atoms with E-state index in [1.165, 1.54) is 16.7 Å². The van der Waals surface area contributed by atoms with Gasteiger partial charge in [-0.05, 0) is 62.1 Å². The van der Waals surface area contributed by atoms with Gasteiger partial charge >= 0.3 is 0 Å². The van der Waals surface area contributed by atoms with Crippen molar-refractivity contribution >= 4 is 0 Å². The molecule has 0 bridgehead atoms. The molecule has 2 rings (SSSR count). The topological polar surface area (TPSA) is 0 Å². The Hall–Kier alpha value is -2.44. The summed E-state index contributed by atoms with van der Waals surface area (Å²) in [5.41, 5.74) is 6.92. The van der Waals surface area contributed by atoms with E-state index in [0.717, 1.165) is 23.1 Å². The molecule has 0 heteroatoms. The van der Waals surface area contributed by atoms with E-state index in [1.807, 2.05) is 6.92 Å². The van der Waals surface area contributed by atoms with Crippen LogP contribution in [0, 0.1) is 37.5 Å². The Balaban J connectivity index is 2.36. The third-order valence-electron chi connectivity index (χ3n) is 3.53. The summed E-state index contributed by atoms with van der Waals surface area (Å²) in [5.74, 6) is 12.6. The highest BCUT2D eigenvalue weighted by molar-refractivity contribution is 5.53. The second-order valence-electron chi connectivity index (χ2n) is 5.16. The Bertz CT molecular complexity index is 754. The molecule has 0 unspecified atom stereocenters. The van der Waals surface area contributed by atoms with Gasteiger partial charge in [0.2, 0.25) is 0 Å². The molecule has 0 heterocycles. The van der Waals surface area contributed by atoms with Crippen molar-refractivity contribution in [3.8, 4) is 23.7 Å². The van der Waals surface area contributed by atoms with Crippen LogP contribution in [0.4, 0.5) is 0 Å². The second kappa shape index (κ2) is 6.83. The predicted octanol–water partition coefficient (Wildman–Crippen LogP) is 4.64. The molecule has 0 nitrogen and oxygen atoms in total. The number of rotatable bonds is 1. The van der Waals surface area contributed by atoms with E-state index in [1.54, 1.807) is 0 Å². The van der Waals surface area contributed by atoms with Gasteiger partial charge < -0.3 is 0 Å². The van der Waals surface area contributed by atoms with E-state index in [2.05, 4.69) is 80.9 Å². The number of hydrogen-bond acceptors (Lipinski definition) is 0. The molecule has 2 aromatic rings. The molecule has 0 aromatic heterocycles. The summed E-state index contributed by atoms with van der Waals surface area (Å²) < 4.78 is 0. The quantitative estimate of drug-likeness (QED) is 0.664. The fraction of sp³-hybridized carbons (Fsp3) is 0.238. The smallest absolute Gasteiger partial charge is 0.0290 e. The number of aryl methyl sites for hydroxylation is 3. The van der Waals surface area contributed by atoms with Crippen LogP contribution in [-0.2, 0) is 6.42 Å². The molecular formula is C21H20. The lowest BCUT2D eigenvalue weighted by Crippen LogP contribution is -1.89. The van der Waals surface area contributed by atoms with E-state index >= 15 is 0 Å². The average molecular weight is 272 g/mol. The maximum atomic E-state index is 3.27. The van der Waals surface area contributed by atoms with Crippen LogP contribution in [0.25, 0.3) is 0 Å². The van der Waals surface area contributed by atoms with Gasteiger partial charge in [0.05, 0.1) is 0 Å². The molecule has 0 spiro atoms. The van der Waals surface area contributed by atoms with Crippen molar-refractivity contribution in [3.63, 3.8) is 0 Å². The molecule has 0 atom stereocenters. The minimum Gasteiger partial charge on any atom is -0.101 e. The van der Waals surface area contributed by atoms with Crippen molar-refractivity contribution in [3.05, 3.63) is 69.8 Å². The highest BCUT2D eigenvalue weighted by Crippen LogP contribution is 2.15. The fourth-order valence-electron chi connectivity index (χ4n) is 2.22. The summed E-state index contributed by atoms with van der Waals surface area (Å²) in [4.78, 5) is 0. The largest absolute Gasteiger partial charge is 0.101 e. The first-order chi connectivity index (χ1) is 10.1. The lowest BCUT2D eigenvalue weighted by atomic mass is 10.00. The molecular weight excluding hydrogens is 252 g/mol. The molecule has 104 valence electrons. The zero-order valence-electron chi connectivity index (χ0n) is 13.2. The first kappa shape index (κ1) is 15.0. The average Bonchev–Trinajstić information content (AvgIpc) is 2.49. The van der Waals surface area contributed by atoms with Gasteiger partial charge in [0.25, 0.3) is 0 Å². The van der Waals surface area contributed by atoms with Crippen molar-refractivity contribution in [2.24, 2.45) is 0 Å². The van der Waals surface area contributed by atoms with Gasteiger partial charge in [0, 0.05) is 16.7 Å². The molecule has 0 radical (unpaired) electrons. The van der Waals surface area contributed by atoms with Crippen LogP contribution in [0.15, 0.2) is 36.4 Å². The summed E-state index contributed by atoms with van der Waals surface area (Å²) in [6, 6.07) is 12.7. The van der Waals surface area contributed by atoms with Crippen LogP contribution in [0.2, 0.25) is 0 Å². The van der Waals surface area contributed by atoms with Crippen LogP contribution in [0.3, 0.4) is 0 Å². The van der Waals surface area contributed by atoms with Gasteiger partial charge in [0.15, 0.2) is 0 Å². The first-order valence-electron chi connectivity index (χ1n) is 7.29. The molecule has 0 amide bonds. The molecule has 0 N–H and O–H groups in total. The van der Waals surface area contributed by atoms with Gasteiger partial charge in [-0.25, -0.2) is 0 Å². The van der Waals surface area contributed by atoms with Crippen LogP contribution in [-0.4, -0.2) is 0 Å². The maximum Gasteiger partial charge on any atom is 0.0290 e. The molecule has 0 aliphatic heterocycles. The Kier molecular flexibility index (Phi) is 4.86. The maximum absolute atomic E-state index is 3.27. The van der Waals surface area contributed by atoms with Gasteiger partial charge in [-0.15, -0.1) is 5.92 Å². The molecule has 0 aliphatic carbocycles. The zero-order valence-corrected chi connectivity index (χ0v) is 13.2. The summed E-state index contributed by atoms with van der Waals surface area (Å²) in [7, 11) is 0. The summed E-state index contributed by atoms with van der Waals surface area (Å²) in [6.45, 7) is 8.21. The summed E-state index contributed by atoms with van der Waals surface area (Å²) in [6.07, 6.45) is 1.06. The molecule has 0 fully saturated rings. The standard InChI is InChI=1S/C21H20/c1-5-7-20-15-21(17(4)14-16(20)3)13-12-19-10-8-18(6-2)9-11-19/h8-11,14-15H,6H2,1-4H3. The minimum absolute atomic E-state index is 1.05. The Morgan fingerprint density at radius 3 is 2.00 bits per heavy atom. The molecule has 0 saturated heterocycles. The lowest BCUT2D eigenvalue weighted by molar-refractivity contribution is 1.14. The van der Waals surface area contributed by atoms with Crippen molar-refractivity contribution in [2.75, 3.05) is 0 Å². The van der Waals surface area contributed by atoms with Gasteiger partial charge in [-0.3, -0.25) is 0 Å². The SMILES string of the molecule is CC#Cc1cc(C#Cc2ccc(CC)cc2)c(C)cc1C. The second-order valence-corrected chi connectivity index (χ2v) is 5.16. The highest BCUT2D eigenvalue weighted by atomic mass is 14.0. The van der Waals surface area contributed by atoms with Crippen molar-refractivity contribution in [1.82, 2.24) is 0 Å². The van der Waals surface area contributed by atoms with Gasteiger partial charge in [0.1, 0.15) is 0 Å². The van der Waals surface area contributed by atoms with E-state index in [9.17, 15) is 0 Å². The van der Waals surface area contributed by atoms with E-state index in [4.69, 9.17) is 0 Å². The zero-order chi connectivity index (χ0) is 15.2. The predicted molar refractivity (Wildman–Crippen MR) is 90.3 cm³/mol. The third kappa shape index (κ3) is 3.77. The lowest BCUT2D eigenvalue weighted by Gasteiger charge is -2.03. The number of benzene rings is 2. The monoisotopic (exact) mass is 272 g/mol. The van der Waals surface area contributed by atoms with E-state index in [0.29, 0.717) is 0 Å². The Labute approximate surface area is 128 Å². The van der Waals surface area contributed by atoms with Crippen molar-refractivity contribution < 1.29 is 0 Å². The Morgan fingerprint density at radius 2 is 1.43 bits per heavy atom. The van der Waals surface area contributed by atoms with E-state index in [-0.39, 0.29) is 0 Å². The first-order valence-corrected chi connectivity index (χ1v) is 7.29. The van der Waals surface area contributed by atoms with Crippen LogP contribution in [0.5, 0.6) is 0 Å². The molecule has 2 aromatic carbocycles. The number of hydrogen-bond donors (Lipinski definition) is 0. The molecule has 0 saturated carbocycles. The fourth-order valence-corrected chi connectivity index (χ4v) is 2.22. The van der Waals surface area contributed by atoms with E-state index < -0.39 is 0 Å². The van der Waals surface area contributed by atoms with Crippen LogP contribution < -0.4 is 0 Å². The Morgan fingerprint density at radius 1 is 0.810 bits per heavy atom. The van der Waals surface area contributed by atoms with Gasteiger partial charge in [-0.2, -0.15) is 0 Å². The van der Waals surface area contributed by atoms with Crippen molar-refractivity contribution in [2.45, 2.75) is 34.1 Å². The van der Waals surface area contributed by atoms with Crippen molar-refractivity contribution in [1.29, 1.82) is 0 Å². The van der Waals surface area contributed by atoms with Gasteiger partial charge in [-0.1, -0.05) is 42.9 Å². The molecule has 0 aliphatic rings. The summed E-state index contributed by atoms with van der Waals surface area (Å²) >= 11 is 0.